The summed E-state index contributed by atoms with van der Waals surface area (Å²) in [6, 6.07) is 0. The van der Waals surface area contributed by atoms with Crippen LogP contribution in [0.3, 0.4) is 0 Å². The molecule has 3 nitrogen and oxygen atoms in total. The van der Waals surface area contributed by atoms with Crippen molar-refractivity contribution in [2.75, 3.05) is 7.11 Å². The van der Waals surface area contributed by atoms with Gasteiger partial charge in [0.15, 0.2) is 0 Å². The zero-order valence-corrected chi connectivity index (χ0v) is 11.9. The highest BCUT2D eigenvalue weighted by Crippen LogP contribution is 2.43. The predicted octanol–water partition coefficient (Wildman–Crippen LogP) is 3.31. The van der Waals surface area contributed by atoms with Crippen LogP contribution < -0.4 is 0 Å². The molecule has 0 aromatic carbocycles. The lowest BCUT2D eigenvalue weighted by Gasteiger charge is -2.45. The molecule has 0 aromatic rings. The quantitative estimate of drug-likeness (QED) is 0.722. The molecule has 2 aliphatic rings. The maximum atomic E-state index is 11.5. The van der Waals surface area contributed by atoms with Crippen LogP contribution in [0, 0.1) is 11.8 Å². The van der Waals surface area contributed by atoms with Crippen LogP contribution in [-0.2, 0) is 14.3 Å². The molecule has 0 heterocycles. The van der Waals surface area contributed by atoms with E-state index in [2.05, 4.69) is 13.8 Å². The molecule has 2 saturated carbocycles. The third-order valence-electron chi connectivity index (χ3n) is 4.51. The lowest BCUT2D eigenvalue weighted by molar-refractivity contribution is -0.176. The zero-order chi connectivity index (χ0) is 13.2. The highest BCUT2D eigenvalue weighted by atomic mass is 16.5. The van der Waals surface area contributed by atoms with Crippen molar-refractivity contribution in [3.63, 3.8) is 0 Å². The Morgan fingerprint density at radius 2 is 1.78 bits per heavy atom. The third kappa shape index (κ3) is 3.25. The minimum absolute atomic E-state index is 0.133. The van der Waals surface area contributed by atoms with Crippen LogP contribution >= 0.6 is 0 Å². The largest absolute Gasteiger partial charge is 0.469 e. The summed E-state index contributed by atoms with van der Waals surface area (Å²) >= 11 is 0. The molecule has 2 fully saturated rings. The predicted molar refractivity (Wildman–Crippen MR) is 70.3 cm³/mol. The average Bonchev–Trinajstić information content (AvgIpc) is 2.24. The number of carbonyl (C=O) groups is 1. The van der Waals surface area contributed by atoms with Crippen molar-refractivity contribution < 1.29 is 14.3 Å². The topological polar surface area (TPSA) is 35.5 Å². The Kier molecular flexibility index (Phi) is 4.31. The van der Waals surface area contributed by atoms with E-state index in [-0.39, 0.29) is 11.6 Å². The maximum absolute atomic E-state index is 11.5. The van der Waals surface area contributed by atoms with Gasteiger partial charge in [-0.2, -0.15) is 0 Å². The van der Waals surface area contributed by atoms with E-state index in [1.807, 2.05) is 0 Å². The number of methoxy groups -OCH3 is 1. The first-order valence-corrected chi connectivity index (χ1v) is 7.27. The molecule has 0 aromatic heterocycles. The lowest BCUT2D eigenvalue weighted by Crippen LogP contribution is -2.46. The van der Waals surface area contributed by atoms with Gasteiger partial charge in [-0.1, -0.05) is 13.8 Å². The first-order valence-electron chi connectivity index (χ1n) is 7.27. The minimum Gasteiger partial charge on any atom is -0.469 e. The van der Waals surface area contributed by atoms with E-state index >= 15 is 0 Å². The Balaban J connectivity index is 1.91. The monoisotopic (exact) mass is 254 g/mol. The third-order valence-corrected chi connectivity index (χ3v) is 4.51. The summed E-state index contributed by atoms with van der Waals surface area (Å²) in [5.41, 5.74) is -0.200. The molecule has 3 heteroatoms. The Labute approximate surface area is 110 Å². The highest BCUT2D eigenvalue weighted by molar-refractivity contribution is 5.70. The molecule has 2 atom stereocenters. The van der Waals surface area contributed by atoms with Gasteiger partial charge in [-0.05, 0) is 50.4 Å². The summed E-state index contributed by atoms with van der Waals surface area (Å²) < 4.78 is 11.1. The number of esters is 1. The Bertz CT molecular complexity index is 286. The Morgan fingerprint density at radius 1 is 1.17 bits per heavy atom. The van der Waals surface area contributed by atoms with E-state index in [9.17, 15) is 4.79 Å². The van der Waals surface area contributed by atoms with E-state index in [1.165, 1.54) is 20.0 Å². The molecule has 0 spiro atoms. The zero-order valence-electron chi connectivity index (χ0n) is 11.9. The summed E-state index contributed by atoms with van der Waals surface area (Å²) in [6.45, 7) is 4.61. The van der Waals surface area contributed by atoms with Gasteiger partial charge >= 0.3 is 5.97 Å². The van der Waals surface area contributed by atoms with Gasteiger partial charge in [-0.15, -0.1) is 0 Å². The van der Waals surface area contributed by atoms with Crippen LogP contribution in [-0.4, -0.2) is 24.8 Å². The molecule has 0 bridgehead atoms. The molecule has 0 N–H and O–H groups in total. The molecule has 0 radical (unpaired) electrons. The second kappa shape index (κ2) is 5.60. The number of rotatable bonds is 4. The van der Waals surface area contributed by atoms with Crippen LogP contribution in [0.4, 0.5) is 0 Å². The van der Waals surface area contributed by atoms with Gasteiger partial charge in [0.05, 0.1) is 25.2 Å². The standard InChI is InChI=1S/C15H26O3/c1-11-7-12(2)9-13(8-11)18-15(5-4-6-15)10-14(16)17-3/h11-13H,4-10H2,1-3H3. The fraction of sp³-hybridized carbons (Fsp3) is 0.933. The molecule has 2 unspecified atom stereocenters. The average molecular weight is 254 g/mol. The van der Waals surface area contributed by atoms with Gasteiger partial charge < -0.3 is 9.47 Å². The first kappa shape index (κ1) is 13.9. The van der Waals surface area contributed by atoms with Gasteiger partial charge in [-0.25, -0.2) is 0 Å². The fourth-order valence-electron chi connectivity index (χ4n) is 3.57. The number of hydrogen-bond acceptors (Lipinski definition) is 3. The van der Waals surface area contributed by atoms with Crippen molar-refractivity contribution in [1.29, 1.82) is 0 Å². The number of hydrogen-bond donors (Lipinski definition) is 0. The smallest absolute Gasteiger partial charge is 0.308 e. The summed E-state index contributed by atoms with van der Waals surface area (Å²) in [7, 11) is 1.46. The van der Waals surface area contributed by atoms with Crippen LogP contribution in [0.5, 0.6) is 0 Å². The Morgan fingerprint density at radius 3 is 2.22 bits per heavy atom. The molecular formula is C15H26O3. The van der Waals surface area contributed by atoms with Gasteiger partial charge in [0.2, 0.25) is 0 Å². The molecule has 2 rings (SSSR count). The molecule has 2 aliphatic carbocycles. The van der Waals surface area contributed by atoms with E-state index in [0.29, 0.717) is 12.5 Å². The van der Waals surface area contributed by atoms with Gasteiger partial charge in [0, 0.05) is 0 Å². The molecule has 0 aliphatic heterocycles. The summed E-state index contributed by atoms with van der Waals surface area (Å²) in [5.74, 6) is 1.36. The minimum atomic E-state index is -0.200. The Hall–Kier alpha value is -0.570. The summed E-state index contributed by atoms with van der Waals surface area (Å²) in [6.07, 6.45) is 7.58. The molecule has 18 heavy (non-hydrogen) atoms. The van der Waals surface area contributed by atoms with E-state index < -0.39 is 0 Å². The van der Waals surface area contributed by atoms with E-state index in [0.717, 1.165) is 37.5 Å². The summed E-state index contributed by atoms with van der Waals surface area (Å²) in [5, 5.41) is 0. The van der Waals surface area contributed by atoms with Crippen LogP contribution in [0.1, 0.15) is 58.8 Å². The van der Waals surface area contributed by atoms with E-state index in [1.54, 1.807) is 0 Å². The normalized spacial score (nSPS) is 34.7. The van der Waals surface area contributed by atoms with Crippen molar-refractivity contribution >= 4 is 5.97 Å². The van der Waals surface area contributed by atoms with Crippen molar-refractivity contribution in [2.45, 2.75) is 70.5 Å². The van der Waals surface area contributed by atoms with E-state index in [4.69, 9.17) is 9.47 Å². The SMILES string of the molecule is COC(=O)CC1(OC2CC(C)CC(C)C2)CCC1. The van der Waals surface area contributed by atoms with Crippen molar-refractivity contribution in [1.82, 2.24) is 0 Å². The maximum Gasteiger partial charge on any atom is 0.308 e. The number of ether oxygens (including phenoxy) is 2. The van der Waals surface area contributed by atoms with Crippen LogP contribution in [0.15, 0.2) is 0 Å². The lowest BCUT2D eigenvalue weighted by atomic mass is 9.76. The van der Waals surface area contributed by atoms with Gasteiger partial charge in [0.1, 0.15) is 0 Å². The molecular weight excluding hydrogens is 228 g/mol. The second-order valence-electron chi connectivity index (χ2n) is 6.45. The van der Waals surface area contributed by atoms with Crippen molar-refractivity contribution in [2.24, 2.45) is 11.8 Å². The molecule has 0 saturated heterocycles. The first-order chi connectivity index (χ1) is 8.53. The van der Waals surface area contributed by atoms with Gasteiger partial charge in [-0.3, -0.25) is 4.79 Å². The fourth-order valence-corrected chi connectivity index (χ4v) is 3.57. The summed E-state index contributed by atoms with van der Waals surface area (Å²) in [4.78, 5) is 11.5. The highest BCUT2D eigenvalue weighted by Gasteiger charge is 2.43. The van der Waals surface area contributed by atoms with Crippen LogP contribution in [0.25, 0.3) is 0 Å². The van der Waals surface area contributed by atoms with Crippen molar-refractivity contribution in [3.05, 3.63) is 0 Å². The van der Waals surface area contributed by atoms with Crippen LogP contribution in [0.2, 0.25) is 0 Å². The molecule has 104 valence electrons. The second-order valence-corrected chi connectivity index (χ2v) is 6.45. The number of carbonyl (C=O) groups excluding carboxylic acids is 1. The molecule has 0 amide bonds. The van der Waals surface area contributed by atoms with Gasteiger partial charge in [0.25, 0.3) is 0 Å². The van der Waals surface area contributed by atoms with Crippen molar-refractivity contribution in [3.8, 4) is 0 Å².